The molecule has 2 aromatic rings. The smallest absolute Gasteiger partial charge is 0.115 e. The standard InChI is InChI=1S/C23H29NO2/c25-11-10-19(18-6-8-23(26)9-7-18)14-24-15-21-12-20(13-22(21)16-24)17-4-2-1-3-5-17/h1-9,19-22,25-26H,10-16H2/t19?,20-,21-,22+. The topological polar surface area (TPSA) is 43.7 Å². The Labute approximate surface area is 156 Å². The zero-order valence-corrected chi connectivity index (χ0v) is 15.3. The molecule has 0 amide bonds. The highest BCUT2D eigenvalue weighted by Gasteiger charge is 2.41. The first-order valence-electron chi connectivity index (χ1n) is 9.90. The van der Waals surface area contributed by atoms with Crippen molar-refractivity contribution in [3.8, 4) is 5.75 Å². The minimum absolute atomic E-state index is 0.211. The fraction of sp³-hybridized carbons (Fsp3) is 0.478. The zero-order chi connectivity index (χ0) is 17.9. The monoisotopic (exact) mass is 351 g/mol. The summed E-state index contributed by atoms with van der Waals surface area (Å²) in [5, 5.41) is 19.0. The lowest BCUT2D eigenvalue weighted by Gasteiger charge is -2.25. The van der Waals surface area contributed by atoms with Crippen LogP contribution in [-0.2, 0) is 0 Å². The number of likely N-dealkylation sites (tertiary alicyclic amines) is 1. The molecule has 3 nitrogen and oxygen atoms in total. The fourth-order valence-corrected chi connectivity index (χ4v) is 5.12. The molecule has 138 valence electrons. The highest BCUT2D eigenvalue weighted by Crippen LogP contribution is 2.46. The van der Waals surface area contributed by atoms with E-state index in [1.54, 1.807) is 12.1 Å². The van der Waals surface area contributed by atoms with Crippen molar-refractivity contribution in [1.29, 1.82) is 0 Å². The third-order valence-electron chi connectivity index (χ3n) is 6.42. The SMILES string of the molecule is OCCC(CN1C[C@H]2C[C@@H](c3ccccc3)C[C@H]2C1)c1ccc(O)cc1. The average molecular weight is 351 g/mol. The van der Waals surface area contributed by atoms with Gasteiger partial charge in [-0.2, -0.15) is 0 Å². The summed E-state index contributed by atoms with van der Waals surface area (Å²) in [5.41, 5.74) is 2.73. The van der Waals surface area contributed by atoms with Gasteiger partial charge in [0.2, 0.25) is 0 Å². The normalized spacial score (nSPS) is 26.7. The molecule has 2 aliphatic rings. The molecule has 1 aliphatic heterocycles. The first-order chi connectivity index (χ1) is 12.7. The van der Waals surface area contributed by atoms with Crippen LogP contribution in [0.5, 0.6) is 5.75 Å². The van der Waals surface area contributed by atoms with E-state index in [0.717, 1.165) is 30.7 Å². The van der Waals surface area contributed by atoms with Gasteiger partial charge in [-0.3, -0.25) is 0 Å². The van der Waals surface area contributed by atoms with Crippen molar-refractivity contribution < 1.29 is 10.2 Å². The van der Waals surface area contributed by atoms with Crippen LogP contribution in [-0.4, -0.2) is 41.4 Å². The summed E-state index contributed by atoms with van der Waals surface area (Å²) in [4.78, 5) is 2.60. The molecule has 0 spiro atoms. The highest BCUT2D eigenvalue weighted by molar-refractivity contribution is 5.28. The third-order valence-corrected chi connectivity index (χ3v) is 6.42. The van der Waals surface area contributed by atoms with Crippen LogP contribution < -0.4 is 0 Å². The molecule has 4 rings (SSSR count). The summed E-state index contributed by atoms with van der Waals surface area (Å²) in [6.07, 6.45) is 3.41. The van der Waals surface area contributed by atoms with Gasteiger partial charge in [-0.05, 0) is 66.2 Å². The molecule has 1 aliphatic carbocycles. The number of nitrogens with zero attached hydrogens (tertiary/aromatic N) is 1. The van der Waals surface area contributed by atoms with Crippen LogP contribution in [0.3, 0.4) is 0 Å². The number of phenolic OH excluding ortho intramolecular Hbond substituents is 1. The average Bonchev–Trinajstić information content (AvgIpc) is 3.21. The summed E-state index contributed by atoms with van der Waals surface area (Å²) in [5.74, 6) is 3.01. The van der Waals surface area contributed by atoms with Crippen LogP contribution in [0, 0.1) is 11.8 Å². The second kappa shape index (κ2) is 7.81. The van der Waals surface area contributed by atoms with Gasteiger partial charge in [-0.25, -0.2) is 0 Å². The summed E-state index contributed by atoms with van der Waals surface area (Å²) in [7, 11) is 0. The maximum atomic E-state index is 9.52. The van der Waals surface area contributed by atoms with Gasteiger partial charge in [-0.1, -0.05) is 42.5 Å². The number of rotatable bonds is 6. The molecule has 26 heavy (non-hydrogen) atoms. The number of hydrogen-bond acceptors (Lipinski definition) is 3. The largest absolute Gasteiger partial charge is 0.508 e. The van der Waals surface area contributed by atoms with E-state index in [4.69, 9.17) is 0 Å². The molecule has 4 atom stereocenters. The van der Waals surface area contributed by atoms with E-state index in [-0.39, 0.29) is 6.61 Å². The van der Waals surface area contributed by atoms with Crippen LogP contribution in [0.25, 0.3) is 0 Å². The number of benzene rings is 2. The molecule has 0 bridgehead atoms. The van der Waals surface area contributed by atoms with Gasteiger partial charge < -0.3 is 15.1 Å². The van der Waals surface area contributed by atoms with Crippen LogP contribution in [0.1, 0.15) is 42.2 Å². The van der Waals surface area contributed by atoms with Crippen LogP contribution >= 0.6 is 0 Å². The Kier molecular flexibility index (Phi) is 5.28. The van der Waals surface area contributed by atoms with Crippen LogP contribution in [0.4, 0.5) is 0 Å². The maximum absolute atomic E-state index is 9.52. The van der Waals surface area contributed by atoms with Crippen molar-refractivity contribution in [2.75, 3.05) is 26.2 Å². The van der Waals surface area contributed by atoms with Gasteiger partial charge >= 0.3 is 0 Å². The Morgan fingerprint density at radius 1 is 0.923 bits per heavy atom. The number of hydrogen-bond donors (Lipinski definition) is 2. The van der Waals surface area contributed by atoms with Crippen LogP contribution in [0.15, 0.2) is 54.6 Å². The Balaban J connectivity index is 1.36. The van der Waals surface area contributed by atoms with E-state index in [1.165, 1.54) is 37.1 Å². The highest BCUT2D eigenvalue weighted by atomic mass is 16.3. The summed E-state index contributed by atoms with van der Waals surface area (Å²) in [6, 6.07) is 18.5. The van der Waals surface area contributed by atoms with Gasteiger partial charge in [-0.15, -0.1) is 0 Å². The molecule has 1 heterocycles. The number of fused-ring (bicyclic) bond motifs is 1. The molecular formula is C23H29NO2. The van der Waals surface area contributed by atoms with E-state index in [9.17, 15) is 10.2 Å². The first-order valence-corrected chi connectivity index (χ1v) is 9.90. The van der Waals surface area contributed by atoms with E-state index >= 15 is 0 Å². The van der Waals surface area contributed by atoms with Gasteiger partial charge in [0.1, 0.15) is 5.75 Å². The van der Waals surface area contributed by atoms with Gasteiger partial charge in [0.25, 0.3) is 0 Å². The molecule has 1 saturated heterocycles. The molecule has 2 aromatic carbocycles. The Hall–Kier alpha value is -1.84. The summed E-state index contributed by atoms with van der Waals surface area (Å²) < 4.78 is 0. The van der Waals surface area contributed by atoms with E-state index in [2.05, 4.69) is 35.2 Å². The molecule has 1 saturated carbocycles. The lowest BCUT2D eigenvalue weighted by Crippen LogP contribution is -2.28. The zero-order valence-electron chi connectivity index (χ0n) is 15.3. The molecule has 2 N–H and O–H groups in total. The molecule has 0 aromatic heterocycles. The van der Waals surface area contributed by atoms with Crippen molar-refractivity contribution >= 4 is 0 Å². The minimum atomic E-state index is 0.211. The first kappa shape index (κ1) is 17.6. The minimum Gasteiger partial charge on any atom is -0.508 e. The number of aliphatic hydroxyl groups is 1. The van der Waals surface area contributed by atoms with Gasteiger partial charge in [0.15, 0.2) is 0 Å². The third kappa shape index (κ3) is 3.79. The lowest BCUT2D eigenvalue weighted by atomic mass is 9.94. The molecule has 2 fully saturated rings. The number of aromatic hydroxyl groups is 1. The van der Waals surface area contributed by atoms with E-state index in [1.807, 2.05) is 12.1 Å². The van der Waals surface area contributed by atoms with Gasteiger partial charge in [0.05, 0.1) is 0 Å². The van der Waals surface area contributed by atoms with Gasteiger partial charge in [0, 0.05) is 26.2 Å². The predicted octanol–water partition coefficient (Wildman–Crippen LogP) is 3.98. The molecule has 1 unspecified atom stereocenters. The second-order valence-electron chi connectivity index (χ2n) is 8.12. The second-order valence-corrected chi connectivity index (χ2v) is 8.12. The fourth-order valence-electron chi connectivity index (χ4n) is 5.12. The molecular weight excluding hydrogens is 322 g/mol. The van der Waals surface area contributed by atoms with Crippen molar-refractivity contribution in [3.63, 3.8) is 0 Å². The Morgan fingerprint density at radius 2 is 1.58 bits per heavy atom. The summed E-state index contributed by atoms with van der Waals surface area (Å²) >= 11 is 0. The molecule has 0 radical (unpaired) electrons. The van der Waals surface area contributed by atoms with E-state index < -0.39 is 0 Å². The van der Waals surface area contributed by atoms with E-state index in [0.29, 0.717) is 11.7 Å². The predicted molar refractivity (Wildman–Crippen MR) is 104 cm³/mol. The Bertz CT molecular complexity index is 686. The van der Waals surface area contributed by atoms with Crippen molar-refractivity contribution in [2.45, 2.75) is 31.1 Å². The molecule has 3 heteroatoms. The number of phenols is 1. The maximum Gasteiger partial charge on any atom is 0.115 e. The van der Waals surface area contributed by atoms with Crippen molar-refractivity contribution in [2.24, 2.45) is 11.8 Å². The van der Waals surface area contributed by atoms with Crippen LogP contribution in [0.2, 0.25) is 0 Å². The quantitative estimate of drug-likeness (QED) is 0.827. The summed E-state index contributed by atoms with van der Waals surface area (Å²) in [6.45, 7) is 3.60. The van der Waals surface area contributed by atoms with Crippen molar-refractivity contribution in [3.05, 3.63) is 65.7 Å². The number of aliphatic hydroxyl groups excluding tert-OH is 1. The lowest BCUT2D eigenvalue weighted by molar-refractivity contribution is 0.238. The van der Waals surface area contributed by atoms with Crippen molar-refractivity contribution in [1.82, 2.24) is 4.90 Å². The Morgan fingerprint density at radius 3 is 2.19 bits per heavy atom.